The van der Waals surface area contributed by atoms with Gasteiger partial charge in [0.25, 0.3) is 0 Å². The van der Waals surface area contributed by atoms with Gasteiger partial charge in [0.05, 0.1) is 0 Å². The van der Waals surface area contributed by atoms with Crippen LogP contribution in [0.1, 0.15) is 193 Å². The van der Waals surface area contributed by atoms with Crippen molar-refractivity contribution in [2.24, 2.45) is 0 Å². The summed E-state index contributed by atoms with van der Waals surface area (Å²) in [5.74, 6) is 0. The minimum absolute atomic E-state index is 0.293. The van der Waals surface area contributed by atoms with Gasteiger partial charge in [0.2, 0.25) is 0 Å². The van der Waals surface area contributed by atoms with Crippen molar-refractivity contribution in [2.45, 2.75) is 228 Å². The van der Waals surface area contributed by atoms with Crippen LogP contribution in [-0.4, -0.2) is 26.6 Å². The van der Waals surface area contributed by atoms with Crippen LogP contribution in [0.3, 0.4) is 0 Å². The molecule has 6 heteroatoms. The Balaban J connectivity index is 1.42. The Morgan fingerprint density at radius 3 is 0.810 bits per heavy atom. The summed E-state index contributed by atoms with van der Waals surface area (Å²) in [5.41, 5.74) is 2.38. The van der Waals surface area contributed by atoms with E-state index in [1.165, 1.54) is 193 Å². The SMILES string of the molecule is C1CCC([O][Ti]([O]C2CCCCC2)([O]C2CCCCC2)[O][Si](C2CCCCC2)(C2CCCCC2)C2CCCCC2)CC1. The van der Waals surface area contributed by atoms with Crippen molar-refractivity contribution in [3.05, 3.63) is 0 Å². The molecule has 242 valence electrons. The van der Waals surface area contributed by atoms with Crippen LogP contribution in [0.25, 0.3) is 0 Å². The van der Waals surface area contributed by atoms with Crippen LogP contribution in [0.15, 0.2) is 0 Å². The summed E-state index contributed by atoms with van der Waals surface area (Å²) in [6.45, 7) is 0. The molecule has 0 saturated heterocycles. The van der Waals surface area contributed by atoms with Gasteiger partial charge in [-0.1, -0.05) is 0 Å². The summed E-state index contributed by atoms with van der Waals surface area (Å²) in [7, 11) is -2.27. The van der Waals surface area contributed by atoms with Crippen molar-refractivity contribution in [1.82, 2.24) is 0 Å². The molecule has 0 spiro atoms. The van der Waals surface area contributed by atoms with Gasteiger partial charge in [0.1, 0.15) is 0 Å². The third-order valence-electron chi connectivity index (χ3n) is 12.6. The molecule has 0 aliphatic heterocycles. The van der Waals surface area contributed by atoms with Crippen LogP contribution in [-0.2, 0) is 31.1 Å². The molecule has 0 atom stereocenters. The van der Waals surface area contributed by atoms with Crippen LogP contribution in [0.2, 0.25) is 16.6 Å². The third-order valence-corrected chi connectivity index (χ3v) is 24.5. The molecule has 0 aromatic rings. The zero-order valence-electron chi connectivity index (χ0n) is 27.3. The fourth-order valence-corrected chi connectivity index (χ4v) is 25.8. The molecule has 0 heterocycles. The van der Waals surface area contributed by atoms with Gasteiger partial charge in [-0.15, -0.1) is 0 Å². The van der Waals surface area contributed by atoms with E-state index >= 15 is 0 Å². The van der Waals surface area contributed by atoms with Crippen LogP contribution >= 0.6 is 0 Å². The summed E-state index contributed by atoms with van der Waals surface area (Å²) in [5, 5.41) is 0. The first-order valence-electron chi connectivity index (χ1n) is 19.5. The Kier molecular flexibility index (Phi) is 12.9. The predicted molar refractivity (Wildman–Crippen MR) is 171 cm³/mol. The van der Waals surface area contributed by atoms with E-state index in [4.69, 9.17) is 13.0 Å². The summed E-state index contributed by atoms with van der Waals surface area (Å²) >= 11 is -4.12. The zero-order chi connectivity index (χ0) is 28.5. The zero-order valence-corrected chi connectivity index (χ0v) is 29.9. The monoisotopic (exact) mass is 638 g/mol. The first-order chi connectivity index (χ1) is 20.8. The summed E-state index contributed by atoms with van der Waals surface area (Å²) in [4.78, 5) is 0. The standard InChI is InChI=1S/C18H33OSi.3C6H11O.Ti/c19-20(16-10-4-1-5-11-16,17-12-6-2-7-13-17)18-14-8-3-9-15-18;3*7-6-4-2-1-3-5-6;/h16-18H,1-15H2;3*6H,1-5H2;/q4*-1;+4. The van der Waals surface area contributed by atoms with Crippen LogP contribution in [0, 0.1) is 0 Å². The Bertz CT molecular complexity index is 665. The van der Waals surface area contributed by atoms with Crippen molar-refractivity contribution in [3.8, 4) is 0 Å². The molecule has 4 nitrogen and oxygen atoms in total. The molecular weight excluding hydrogens is 572 g/mol. The normalized spacial score (nSPS) is 28.3. The Labute approximate surface area is 265 Å². The number of hydrogen-bond acceptors (Lipinski definition) is 4. The van der Waals surface area contributed by atoms with Gasteiger partial charge in [0, 0.05) is 0 Å². The maximum absolute atomic E-state index is 8.41. The molecule has 6 saturated carbocycles. The van der Waals surface area contributed by atoms with E-state index < -0.39 is 26.5 Å². The first-order valence-corrected chi connectivity index (χ1v) is 24.2. The van der Waals surface area contributed by atoms with E-state index in [1.807, 2.05) is 0 Å². The van der Waals surface area contributed by atoms with E-state index in [-0.39, 0.29) is 0 Å². The van der Waals surface area contributed by atoms with Crippen LogP contribution in [0.4, 0.5) is 0 Å². The van der Waals surface area contributed by atoms with Gasteiger partial charge in [-0.25, -0.2) is 0 Å². The minimum atomic E-state index is -4.12. The van der Waals surface area contributed by atoms with Gasteiger partial charge in [-0.2, -0.15) is 0 Å². The second kappa shape index (κ2) is 16.6. The summed E-state index contributed by atoms with van der Waals surface area (Å²) in [6, 6.07) is 0. The summed E-state index contributed by atoms with van der Waals surface area (Å²) in [6.07, 6.45) is 41.1. The van der Waals surface area contributed by atoms with Crippen LogP contribution in [0.5, 0.6) is 0 Å². The van der Waals surface area contributed by atoms with Crippen molar-refractivity contribution >= 4 is 8.32 Å². The quantitative estimate of drug-likeness (QED) is 0.211. The number of rotatable bonds is 11. The molecule has 0 unspecified atom stereocenters. The topological polar surface area (TPSA) is 36.9 Å². The van der Waals surface area contributed by atoms with Gasteiger partial charge in [-0.3, -0.25) is 0 Å². The van der Waals surface area contributed by atoms with E-state index in [9.17, 15) is 0 Å². The molecule has 0 amide bonds. The van der Waals surface area contributed by atoms with Gasteiger partial charge < -0.3 is 0 Å². The summed E-state index contributed by atoms with van der Waals surface area (Å²) < 4.78 is 31.1. The van der Waals surface area contributed by atoms with Gasteiger partial charge >= 0.3 is 267 Å². The Morgan fingerprint density at radius 2 is 0.548 bits per heavy atom. The van der Waals surface area contributed by atoms with E-state index in [0.29, 0.717) is 18.3 Å². The molecule has 0 N–H and O–H groups in total. The molecule has 6 aliphatic rings. The maximum atomic E-state index is 8.41. The fraction of sp³-hybridized carbons (Fsp3) is 1.00. The molecule has 6 fully saturated rings. The average molecular weight is 639 g/mol. The predicted octanol–water partition coefficient (Wildman–Crippen LogP) is 11.8. The molecule has 0 aromatic heterocycles. The average Bonchev–Trinajstić information content (AvgIpc) is 3.06. The molecule has 6 aliphatic carbocycles. The van der Waals surface area contributed by atoms with Gasteiger partial charge in [-0.05, 0) is 0 Å². The van der Waals surface area contributed by atoms with Crippen molar-refractivity contribution in [1.29, 1.82) is 0 Å². The van der Waals surface area contributed by atoms with Crippen LogP contribution < -0.4 is 0 Å². The molecule has 0 bridgehead atoms. The second-order valence-electron chi connectivity index (χ2n) is 15.6. The molecular formula is C36H66O4SiTi. The molecule has 0 aromatic carbocycles. The van der Waals surface area contributed by atoms with Gasteiger partial charge in [0.15, 0.2) is 0 Å². The van der Waals surface area contributed by atoms with E-state index in [0.717, 1.165) is 16.6 Å². The third kappa shape index (κ3) is 8.37. The molecule has 6 rings (SSSR count). The van der Waals surface area contributed by atoms with Crippen molar-refractivity contribution in [3.63, 3.8) is 0 Å². The van der Waals surface area contributed by atoms with Crippen molar-refractivity contribution in [2.75, 3.05) is 0 Å². The molecule has 0 radical (unpaired) electrons. The van der Waals surface area contributed by atoms with E-state index in [2.05, 4.69) is 0 Å². The second-order valence-corrected chi connectivity index (χ2v) is 23.6. The Morgan fingerprint density at radius 1 is 0.310 bits per heavy atom. The number of hydrogen-bond donors (Lipinski definition) is 0. The first kappa shape index (κ1) is 32.7. The Hall–Kier alpha value is 0.771. The van der Waals surface area contributed by atoms with Crippen molar-refractivity contribution < 1.29 is 31.1 Å². The molecule has 42 heavy (non-hydrogen) atoms. The fourth-order valence-electron chi connectivity index (χ4n) is 10.4. The van der Waals surface area contributed by atoms with E-state index in [1.54, 1.807) is 0 Å².